The van der Waals surface area contributed by atoms with E-state index < -0.39 is 5.41 Å². The standard InChI is InChI=1S/C30H39Cl2NO/c1-7-17-30(6)19-26(23-9-8-10-25(32)18-23)28(22-12-14-24(31)15-13-22)33(29(30)34)27(21(4)5)16-11-20(2)3/h7-10,12-15,18,20-21,26-28H,1,11,16-17,19H2,2-6H3/t26-,27-,28?,30+/m1/s1. The molecule has 1 saturated heterocycles. The Morgan fingerprint density at radius 1 is 1.03 bits per heavy atom. The highest BCUT2D eigenvalue weighted by atomic mass is 35.5. The Balaban J connectivity index is 2.22. The summed E-state index contributed by atoms with van der Waals surface area (Å²) >= 11 is 12.7. The average molecular weight is 501 g/mol. The molecule has 1 amide bonds. The molecule has 2 nitrogen and oxygen atoms in total. The number of carbonyl (C=O) groups excluding carboxylic acids is 1. The smallest absolute Gasteiger partial charge is 0.229 e. The summed E-state index contributed by atoms with van der Waals surface area (Å²) in [5.41, 5.74) is 1.79. The van der Waals surface area contributed by atoms with Gasteiger partial charge in [-0.25, -0.2) is 0 Å². The number of likely N-dealkylation sites (tertiary alicyclic amines) is 1. The van der Waals surface area contributed by atoms with Gasteiger partial charge in [-0.1, -0.05) is 88.2 Å². The molecule has 0 bridgehead atoms. The van der Waals surface area contributed by atoms with Crippen LogP contribution in [0.5, 0.6) is 0 Å². The van der Waals surface area contributed by atoms with Gasteiger partial charge in [0.1, 0.15) is 0 Å². The molecule has 2 aromatic rings. The van der Waals surface area contributed by atoms with Crippen molar-refractivity contribution in [2.24, 2.45) is 17.3 Å². The van der Waals surface area contributed by atoms with Crippen molar-refractivity contribution in [3.8, 4) is 0 Å². The van der Waals surface area contributed by atoms with Crippen LogP contribution in [0.15, 0.2) is 61.2 Å². The fourth-order valence-corrected chi connectivity index (χ4v) is 5.87. The first-order chi connectivity index (χ1) is 16.1. The van der Waals surface area contributed by atoms with Gasteiger partial charge < -0.3 is 4.90 Å². The summed E-state index contributed by atoms with van der Waals surface area (Å²) < 4.78 is 0. The van der Waals surface area contributed by atoms with E-state index in [-0.39, 0.29) is 23.9 Å². The molecule has 0 radical (unpaired) electrons. The van der Waals surface area contributed by atoms with E-state index in [4.69, 9.17) is 23.2 Å². The van der Waals surface area contributed by atoms with Crippen LogP contribution in [0.25, 0.3) is 0 Å². The molecule has 34 heavy (non-hydrogen) atoms. The fraction of sp³-hybridized carbons (Fsp3) is 0.500. The normalized spacial score (nSPS) is 24.0. The molecule has 0 spiro atoms. The zero-order valence-corrected chi connectivity index (χ0v) is 22.7. The van der Waals surface area contributed by atoms with Gasteiger partial charge in [-0.3, -0.25) is 4.79 Å². The van der Waals surface area contributed by atoms with E-state index in [9.17, 15) is 4.79 Å². The maximum Gasteiger partial charge on any atom is 0.229 e. The van der Waals surface area contributed by atoms with Crippen molar-refractivity contribution in [2.75, 3.05) is 0 Å². The molecule has 2 aromatic carbocycles. The maximum absolute atomic E-state index is 14.3. The molecule has 1 fully saturated rings. The molecule has 0 aromatic heterocycles. The summed E-state index contributed by atoms with van der Waals surface area (Å²) in [6.45, 7) is 15.1. The first kappa shape index (κ1) is 26.8. The number of hydrogen-bond donors (Lipinski definition) is 0. The van der Waals surface area contributed by atoms with E-state index in [0.717, 1.165) is 29.8 Å². The highest BCUT2D eigenvalue weighted by Gasteiger charge is 2.51. The quantitative estimate of drug-likeness (QED) is 0.315. The summed E-state index contributed by atoms with van der Waals surface area (Å²) in [7, 11) is 0. The molecule has 4 heteroatoms. The van der Waals surface area contributed by atoms with Gasteiger partial charge in [-0.15, -0.1) is 6.58 Å². The van der Waals surface area contributed by atoms with Crippen LogP contribution >= 0.6 is 23.2 Å². The van der Waals surface area contributed by atoms with Crippen LogP contribution in [-0.2, 0) is 4.79 Å². The number of benzene rings is 2. The Kier molecular flexibility index (Phi) is 8.93. The van der Waals surface area contributed by atoms with Crippen LogP contribution in [0.1, 0.15) is 83.4 Å². The molecule has 1 unspecified atom stereocenters. The Hall–Kier alpha value is -1.77. The second-order valence-electron chi connectivity index (χ2n) is 10.9. The van der Waals surface area contributed by atoms with E-state index in [0.29, 0.717) is 23.3 Å². The van der Waals surface area contributed by atoms with Crippen LogP contribution in [-0.4, -0.2) is 16.8 Å². The van der Waals surface area contributed by atoms with E-state index in [1.165, 1.54) is 5.56 Å². The highest BCUT2D eigenvalue weighted by Crippen LogP contribution is 2.53. The fourth-order valence-electron chi connectivity index (χ4n) is 5.55. The third kappa shape index (κ3) is 5.89. The average Bonchev–Trinajstić information content (AvgIpc) is 2.77. The lowest BCUT2D eigenvalue weighted by molar-refractivity contribution is -0.156. The number of hydrogen-bond acceptors (Lipinski definition) is 1. The maximum atomic E-state index is 14.3. The summed E-state index contributed by atoms with van der Waals surface area (Å²) in [6, 6.07) is 16.2. The molecule has 1 aliphatic rings. The van der Waals surface area contributed by atoms with Gasteiger partial charge in [0, 0.05) is 22.0 Å². The third-order valence-corrected chi connectivity index (χ3v) is 7.84. The molecule has 0 saturated carbocycles. The van der Waals surface area contributed by atoms with Crippen LogP contribution in [0, 0.1) is 17.3 Å². The van der Waals surface area contributed by atoms with Crippen molar-refractivity contribution in [1.29, 1.82) is 0 Å². The van der Waals surface area contributed by atoms with E-state index in [1.54, 1.807) is 0 Å². The number of allylic oxidation sites excluding steroid dienone is 1. The number of nitrogens with zero attached hydrogens (tertiary/aromatic N) is 1. The first-order valence-corrected chi connectivity index (χ1v) is 13.3. The summed E-state index contributed by atoms with van der Waals surface area (Å²) in [5, 5.41) is 1.43. The highest BCUT2D eigenvalue weighted by molar-refractivity contribution is 6.30. The van der Waals surface area contributed by atoms with Crippen LogP contribution in [0.4, 0.5) is 0 Å². The van der Waals surface area contributed by atoms with Crippen molar-refractivity contribution in [2.45, 2.75) is 78.3 Å². The van der Waals surface area contributed by atoms with Crippen molar-refractivity contribution in [3.05, 3.63) is 82.4 Å². The third-order valence-electron chi connectivity index (χ3n) is 7.35. The van der Waals surface area contributed by atoms with Gasteiger partial charge in [-0.05, 0) is 72.9 Å². The van der Waals surface area contributed by atoms with Gasteiger partial charge in [0.2, 0.25) is 5.91 Å². The molecule has 0 aliphatic carbocycles. The molecular weight excluding hydrogens is 461 g/mol. The van der Waals surface area contributed by atoms with Gasteiger partial charge in [-0.2, -0.15) is 0 Å². The van der Waals surface area contributed by atoms with Crippen LogP contribution in [0.3, 0.4) is 0 Å². The number of amides is 1. The predicted molar refractivity (Wildman–Crippen MR) is 145 cm³/mol. The van der Waals surface area contributed by atoms with Gasteiger partial charge in [0.05, 0.1) is 11.5 Å². The Labute approximate surface area is 216 Å². The molecule has 1 aliphatic heterocycles. The van der Waals surface area contributed by atoms with Crippen molar-refractivity contribution in [3.63, 3.8) is 0 Å². The van der Waals surface area contributed by atoms with Crippen molar-refractivity contribution < 1.29 is 4.79 Å². The monoisotopic (exact) mass is 499 g/mol. The lowest BCUT2D eigenvalue weighted by Gasteiger charge is -2.53. The molecule has 184 valence electrons. The zero-order chi connectivity index (χ0) is 25.0. The topological polar surface area (TPSA) is 20.3 Å². The zero-order valence-electron chi connectivity index (χ0n) is 21.2. The number of piperidine rings is 1. The summed E-state index contributed by atoms with van der Waals surface area (Å²) in [4.78, 5) is 16.6. The first-order valence-electron chi connectivity index (χ1n) is 12.5. The minimum Gasteiger partial charge on any atom is -0.331 e. The second-order valence-corrected chi connectivity index (χ2v) is 11.8. The van der Waals surface area contributed by atoms with Gasteiger partial charge in [0.15, 0.2) is 0 Å². The van der Waals surface area contributed by atoms with Crippen LogP contribution in [0.2, 0.25) is 10.0 Å². The predicted octanol–water partition coefficient (Wildman–Crippen LogP) is 9.09. The molecule has 3 rings (SSSR count). The second kappa shape index (κ2) is 11.3. The Morgan fingerprint density at radius 2 is 1.71 bits per heavy atom. The van der Waals surface area contributed by atoms with Crippen molar-refractivity contribution >= 4 is 29.1 Å². The molecule has 0 N–H and O–H groups in total. The molecular formula is C30H39Cl2NO. The summed E-state index contributed by atoms with van der Waals surface area (Å²) in [6.07, 6.45) is 5.36. The van der Waals surface area contributed by atoms with Crippen LogP contribution < -0.4 is 0 Å². The number of carbonyl (C=O) groups is 1. The molecule has 1 heterocycles. The Bertz CT molecular complexity index is 984. The van der Waals surface area contributed by atoms with Crippen molar-refractivity contribution in [1.82, 2.24) is 4.90 Å². The van der Waals surface area contributed by atoms with Gasteiger partial charge in [0.25, 0.3) is 0 Å². The van der Waals surface area contributed by atoms with E-state index >= 15 is 0 Å². The summed E-state index contributed by atoms with van der Waals surface area (Å²) in [5.74, 6) is 1.26. The van der Waals surface area contributed by atoms with E-state index in [1.807, 2.05) is 30.3 Å². The lowest BCUT2D eigenvalue weighted by Crippen LogP contribution is -2.56. The molecule has 4 atom stereocenters. The Morgan fingerprint density at radius 3 is 2.26 bits per heavy atom. The minimum absolute atomic E-state index is 0.0827. The number of rotatable bonds is 9. The lowest BCUT2D eigenvalue weighted by atomic mass is 9.66. The van der Waals surface area contributed by atoms with E-state index in [2.05, 4.69) is 70.4 Å². The van der Waals surface area contributed by atoms with Gasteiger partial charge >= 0.3 is 0 Å². The largest absolute Gasteiger partial charge is 0.331 e. The minimum atomic E-state index is -0.511. The number of halogens is 2. The SMILES string of the molecule is C=CC[C@@]1(C)C[C@H](c2cccc(Cl)c2)C(c2ccc(Cl)cc2)N([C@H](CCC(C)C)C(C)C)C1=O.